The van der Waals surface area contributed by atoms with Crippen LogP contribution in [0.5, 0.6) is 0 Å². The van der Waals surface area contributed by atoms with E-state index < -0.39 is 5.41 Å². The highest BCUT2D eigenvalue weighted by atomic mass is 35.5. The lowest BCUT2D eigenvalue weighted by atomic mass is 9.93. The van der Waals surface area contributed by atoms with E-state index in [0.29, 0.717) is 26.1 Å². The first-order chi connectivity index (χ1) is 20.7. The molecule has 1 aliphatic carbocycles. The number of aryl methyl sites for hydroxylation is 2. The Hall–Kier alpha value is -3.46. The van der Waals surface area contributed by atoms with Crippen molar-refractivity contribution < 1.29 is 19.4 Å². The van der Waals surface area contributed by atoms with Gasteiger partial charge in [-0.05, 0) is 80.0 Å². The predicted octanol–water partition coefficient (Wildman–Crippen LogP) is 7.17. The van der Waals surface area contributed by atoms with Crippen molar-refractivity contribution in [3.05, 3.63) is 98.5 Å². The topological polar surface area (TPSA) is 84.7 Å². The van der Waals surface area contributed by atoms with Crippen LogP contribution >= 0.6 is 22.9 Å². The number of nitrogens with zero attached hydrogens (tertiary/aromatic N) is 3. The van der Waals surface area contributed by atoms with Crippen molar-refractivity contribution in [2.75, 3.05) is 26.3 Å². The molecule has 0 atom stereocenters. The molecule has 2 aromatic heterocycles. The van der Waals surface area contributed by atoms with Gasteiger partial charge >= 0.3 is 6.09 Å². The fourth-order valence-corrected chi connectivity index (χ4v) is 7.22. The van der Waals surface area contributed by atoms with Gasteiger partial charge in [-0.2, -0.15) is 5.10 Å². The molecule has 1 amide bonds. The van der Waals surface area contributed by atoms with Crippen molar-refractivity contribution in [1.82, 2.24) is 14.7 Å². The van der Waals surface area contributed by atoms with Crippen LogP contribution in [0, 0.1) is 5.41 Å². The standard InChI is InChI=1S/C34H36ClN3O4S/c1-34(2,21-39)32(40)38-23(11-12-24-13-14-31(35)43-24)19-30(36-38)22-15-17-37(18-16-22)33(41)42-20-29-27-9-5-3-7-25(27)26-8-4-6-10-28(26)29/h3-10,13-14,19,22,29,39H,11-12,15-18,20-21H2,1-2H3. The first-order valence-electron chi connectivity index (χ1n) is 14.8. The molecule has 2 aromatic carbocycles. The average Bonchev–Trinajstić information content (AvgIpc) is 3.74. The third-order valence-electron chi connectivity index (χ3n) is 8.73. The van der Waals surface area contributed by atoms with Gasteiger partial charge in [-0.15, -0.1) is 11.3 Å². The van der Waals surface area contributed by atoms with E-state index in [4.69, 9.17) is 21.4 Å². The summed E-state index contributed by atoms with van der Waals surface area (Å²) in [5.41, 5.74) is 5.54. The number of aliphatic hydroxyl groups excluding tert-OH is 1. The molecular weight excluding hydrogens is 582 g/mol. The molecule has 43 heavy (non-hydrogen) atoms. The molecular formula is C34H36ClN3O4S. The lowest BCUT2D eigenvalue weighted by Crippen LogP contribution is -2.39. The largest absolute Gasteiger partial charge is 0.448 e. The summed E-state index contributed by atoms with van der Waals surface area (Å²) >= 11 is 7.65. The highest BCUT2D eigenvalue weighted by Crippen LogP contribution is 2.44. The fourth-order valence-electron chi connectivity index (χ4n) is 6.13. The number of thiophene rings is 1. The van der Waals surface area contributed by atoms with Gasteiger partial charge in [0.1, 0.15) is 6.61 Å². The number of carbonyl (C=O) groups is 2. The van der Waals surface area contributed by atoms with E-state index in [9.17, 15) is 14.7 Å². The maximum absolute atomic E-state index is 13.4. The van der Waals surface area contributed by atoms with Crippen molar-refractivity contribution in [2.24, 2.45) is 5.41 Å². The zero-order chi connectivity index (χ0) is 30.1. The molecule has 2 aliphatic rings. The number of rotatable bonds is 8. The van der Waals surface area contributed by atoms with Crippen molar-refractivity contribution in [3.8, 4) is 11.1 Å². The van der Waals surface area contributed by atoms with Gasteiger partial charge in [0.05, 0.1) is 22.1 Å². The predicted molar refractivity (Wildman–Crippen MR) is 169 cm³/mol. The molecule has 6 rings (SSSR count). The number of carbonyl (C=O) groups excluding carboxylic acids is 2. The van der Waals surface area contributed by atoms with Gasteiger partial charge in [-0.3, -0.25) is 4.79 Å². The summed E-state index contributed by atoms with van der Waals surface area (Å²) in [6, 6.07) is 22.6. The molecule has 1 aliphatic heterocycles. The number of piperidine rings is 1. The lowest BCUT2D eigenvalue weighted by molar-refractivity contribution is 0.0608. The van der Waals surface area contributed by atoms with Crippen LogP contribution in [-0.2, 0) is 17.6 Å². The van der Waals surface area contributed by atoms with Gasteiger partial charge in [-0.1, -0.05) is 60.1 Å². The highest BCUT2D eigenvalue weighted by Gasteiger charge is 2.34. The quantitative estimate of drug-likeness (QED) is 0.227. The summed E-state index contributed by atoms with van der Waals surface area (Å²) in [6.07, 6.45) is 2.56. The van der Waals surface area contributed by atoms with E-state index in [1.54, 1.807) is 18.7 Å². The van der Waals surface area contributed by atoms with E-state index in [-0.39, 0.29) is 30.4 Å². The van der Waals surface area contributed by atoms with Gasteiger partial charge in [0, 0.05) is 35.5 Å². The molecule has 0 saturated carbocycles. The summed E-state index contributed by atoms with van der Waals surface area (Å²) < 4.78 is 8.12. The van der Waals surface area contributed by atoms with Crippen LogP contribution in [0.1, 0.15) is 70.7 Å². The number of aromatic nitrogens is 2. The molecule has 224 valence electrons. The lowest BCUT2D eigenvalue weighted by Gasteiger charge is -2.31. The van der Waals surface area contributed by atoms with Crippen LogP contribution in [0.15, 0.2) is 66.7 Å². The molecule has 0 bridgehead atoms. The maximum atomic E-state index is 13.4. The Labute approximate surface area is 261 Å². The molecule has 3 heterocycles. The molecule has 0 spiro atoms. The van der Waals surface area contributed by atoms with Gasteiger partial charge < -0.3 is 14.7 Å². The van der Waals surface area contributed by atoms with E-state index in [1.807, 2.05) is 42.5 Å². The highest BCUT2D eigenvalue weighted by molar-refractivity contribution is 7.16. The van der Waals surface area contributed by atoms with Gasteiger partial charge in [0.2, 0.25) is 0 Å². The van der Waals surface area contributed by atoms with Crippen LogP contribution in [0.3, 0.4) is 0 Å². The van der Waals surface area contributed by atoms with Crippen molar-refractivity contribution in [1.29, 1.82) is 0 Å². The van der Waals surface area contributed by atoms with Gasteiger partial charge in [0.15, 0.2) is 0 Å². The van der Waals surface area contributed by atoms with Crippen LogP contribution in [0.2, 0.25) is 4.34 Å². The van der Waals surface area contributed by atoms with Gasteiger partial charge in [0.25, 0.3) is 5.91 Å². The molecule has 0 radical (unpaired) electrons. The van der Waals surface area contributed by atoms with E-state index in [1.165, 1.54) is 38.3 Å². The Bertz CT molecular complexity index is 1590. The molecule has 1 saturated heterocycles. The zero-order valence-corrected chi connectivity index (χ0v) is 26.0. The second-order valence-corrected chi connectivity index (χ2v) is 13.9. The Morgan fingerprint density at radius 2 is 1.65 bits per heavy atom. The minimum absolute atomic E-state index is 0.0298. The third kappa shape index (κ3) is 6.01. The van der Waals surface area contributed by atoms with E-state index >= 15 is 0 Å². The van der Waals surface area contributed by atoms with Crippen molar-refractivity contribution in [3.63, 3.8) is 0 Å². The number of aliphatic hydroxyl groups is 1. The van der Waals surface area contributed by atoms with Crippen LogP contribution in [0.4, 0.5) is 4.79 Å². The number of halogens is 1. The van der Waals surface area contributed by atoms with Crippen LogP contribution in [-0.4, -0.2) is 58.1 Å². The normalized spacial score (nSPS) is 15.4. The third-order valence-corrected chi connectivity index (χ3v) is 10.0. The van der Waals surface area contributed by atoms with Crippen LogP contribution in [0.25, 0.3) is 11.1 Å². The Morgan fingerprint density at radius 1 is 1.00 bits per heavy atom. The van der Waals surface area contributed by atoms with Crippen LogP contribution < -0.4 is 0 Å². The smallest absolute Gasteiger partial charge is 0.409 e. The number of ether oxygens (including phenoxy) is 1. The fraction of sp³-hybridized carbons (Fsp3) is 0.382. The molecule has 1 N–H and O–H groups in total. The zero-order valence-electron chi connectivity index (χ0n) is 24.5. The second-order valence-electron chi connectivity index (χ2n) is 12.1. The molecule has 0 unspecified atom stereocenters. The number of hydrogen-bond donors (Lipinski definition) is 1. The number of benzene rings is 2. The molecule has 7 nitrogen and oxygen atoms in total. The molecule has 4 aromatic rings. The van der Waals surface area contributed by atoms with Crippen molar-refractivity contribution >= 4 is 34.9 Å². The summed E-state index contributed by atoms with van der Waals surface area (Å²) in [4.78, 5) is 29.4. The van der Waals surface area contributed by atoms with Crippen molar-refractivity contribution in [2.45, 2.75) is 51.4 Å². The SMILES string of the molecule is CC(C)(CO)C(=O)n1nc(C2CCN(C(=O)OCC3c4ccccc4-c4ccccc43)CC2)cc1CCc1ccc(Cl)s1. The minimum Gasteiger partial charge on any atom is -0.448 e. The van der Waals surface area contributed by atoms with Gasteiger partial charge in [-0.25, -0.2) is 9.48 Å². The molecule has 9 heteroatoms. The summed E-state index contributed by atoms with van der Waals surface area (Å²) in [5, 5.41) is 14.6. The first-order valence-corrected chi connectivity index (χ1v) is 16.0. The van der Waals surface area contributed by atoms with E-state index in [2.05, 4.69) is 24.3 Å². The minimum atomic E-state index is -0.947. The Kier molecular flexibility index (Phi) is 8.45. The summed E-state index contributed by atoms with van der Waals surface area (Å²) in [7, 11) is 0. The average molecular weight is 618 g/mol. The Balaban J connectivity index is 1.10. The van der Waals surface area contributed by atoms with E-state index in [0.717, 1.165) is 39.9 Å². The summed E-state index contributed by atoms with van der Waals surface area (Å²) in [5.74, 6) is -0.0717. The summed E-state index contributed by atoms with van der Waals surface area (Å²) in [6.45, 7) is 4.62. The monoisotopic (exact) mass is 617 g/mol. The first kappa shape index (κ1) is 29.6. The number of likely N-dealkylation sites (tertiary alicyclic amines) is 1. The number of hydrogen-bond acceptors (Lipinski definition) is 6. The molecule has 1 fully saturated rings. The maximum Gasteiger partial charge on any atom is 0.409 e. The second kappa shape index (κ2) is 12.3. The number of amides is 1. The Morgan fingerprint density at radius 3 is 2.26 bits per heavy atom. The number of fused-ring (bicyclic) bond motifs is 3.